The number of aromatic amines is 1. The SMILES string of the molecule is COc1ccc(/C(C)=N/NC(=O)CCc2c(C)n[nH]c2C)cc1OC. The van der Waals surface area contributed by atoms with Crippen LogP contribution >= 0.6 is 0 Å². The van der Waals surface area contributed by atoms with Crippen molar-refractivity contribution in [3.8, 4) is 11.5 Å². The van der Waals surface area contributed by atoms with Gasteiger partial charge in [0, 0.05) is 17.7 Å². The maximum absolute atomic E-state index is 12.0. The maximum Gasteiger partial charge on any atom is 0.240 e. The number of hydrogen-bond acceptors (Lipinski definition) is 5. The van der Waals surface area contributed by atoms with Crippen LogP contribution in [0, 0.1) is 13.8 Å². The third-order valence-electron chi connectivity index (χ3n) is 4.03. The number of rotatable bonds is 7. The minimum absolute atomic E-state index is 0.139. The molecule has 0 spiro atoms. The minimum Gasteiger partial charge on any atom is -0.493 e. The zero-order valence-electron chi connectivity index (χ0n) is 15.3. The van der Waals surface area contributed by atoms with Gasteiger partial charge >= 0.3 is 0 Å². The zero-order valence-corrected chi connectivity index (χ0v) is 15.3. The van der Waals surface area contributed by atoms with Crippen molar-refractivity contribution in [3.63, 3.8) is 0 Å². The molecule has 0 aliphatic rings. The van der Waals surface area contributed by atoms with Crippen LogP contribution < -0.4 is 14.9 Å². The van der Waals surface area contributed by atoms with E-state index in [0.29, 0.717) is 30.1 Å². The number of carbonyl (C=O) groups excluding carboxylic acids is 1. The van der Waals surface area contributed by atoms with Crippen molar-refractivity contribution in [3.05, 3.63) is 40.7 Å². The van der Waals surface area contributed by atoms with Gasteiger partial charge in [-0.1, -0.05) is 0 Å². The van der Waals surface area contributed by atoms with E-state index in [0.717, 1.165) is 22.5 Å². The van der Waals surface area contributed by atoms with Gasteiger partial charge in [0.05, 0.1) is 25.6 Å². The highest BCUT2D eigenvalue weighted by Crippen LogP contribution is 2.27. The number of H-pyrrole nitrogens is 1. The highest BCUT2D eigenvalue weighted by molar-refractivity contribution is 5.99. The molecule has 25 heavy (non-hydrogen) atoms. The Morgan fingerprint density at radius 3 is 2.56 bits per heavy atom. The normalized spacial score (nSPS) is 11.3. The van der Waals surface area contributed by atoms with Crippen LogP contribution in [0.3, 0.4) is 0 Å². The molecule has 0 radical (unpaired) electrons. The van der Waals surface area contributed by atoms with E-state index in [4.69, 9.17) is 9.47 Å². The van der Waals surface area contributed by atoms with E-state index in [2.05, 4.69) is 20.7 Å². The lowest BCUT2D eigenvalue weighted by atomic mass is 10.1. The van der Waals surface area contributed by atoms with Gasteiger partial charge in [-0.2, -0.15) is 10.2 Å². The molecular formula is C18H24N4O3. The Hall–Kier alpha value is -2.83. The molecule has 0 aliphatic carbocycles. The van der Waals surface area contributed by atoms with E-state index in [9.17, 15) is 4.79 Å². The summed E-state index contributed by atoms with van der Waals surface area (Å²) in [6.07, 6.45) is 0.981. The Kier molecular flexibility index (Phi) is 6.16. The van der Waals surface area contributed by atoms with E-state index >= 15 is 0 Å². The lowest BCUT2D eigenvalue weighted by Crippen LogP contribution is -2.19. The van der Waals surface area contributed by atoms with Gasteiger partial charge < -0.3 is 9.47 Å². The van der Waals surface area contributed by atoms with Gasteiger partial charge in [-0.15, -0.1) is 0 Å². The minimum atomic E-state index is -0.139. The summed E-state index contributed by atoms with van der Waals surface area (Å²) in [5.41, 5.74) is 7.13. The highest BCUT2D eigenvalue weighted by Gasteiger charge is 2.10. The molecule has 1 amide bonds. The second-order valence-electron chi connectivity index (χ2n) is 5.71. The van der Waals surface area contributed by atoms with Crippen molar-refractivity contribution in [1.82, 2.24) is 15.6 Å². The zero-order chi connectivity index (χ0) is 18.4. The molecule has 0 fully saturated rings. The molecule has 1 aromatic carbocycles. The van der Waals surface area contributed by atoms with Crippen molar-refractivity contribution < 1.29 is 14.3 Å². The molecule has 0 saturated heterocycles. The van der Waals surface area contributed by atoms with Crippen LogP contribution in [0.5, 0.6) is 11.5 Å². The van der Waals surface area contributed by atoms with Crippen molar-refractivity contribution >= 4 is 11.6 Å². The van der Waals surface area contributed by atoms with E-state index in [1.54, 1.807) is 20.3 Å². The smallest absolute Gasteiger partial charge is 0.240 e. The lowest BCUT2D eigenvalue weighted by molar-refractivity contribution is -0.121. The summed E-state index contributed by atoms with van der Waals surface area (Å²) in [4.78, 5) is 12.0. The topological polar surface area (TPSA) is 88.6 Å². The van der Waals surface area contributed by atoms with Crippen LogP contribution in [0.4, 0.5) is 0 Å². The summed E-state index contributed by atoms with van der Waals surface area (Å²) in [7, 11) is 3.16. The summed E-state index contributed by atoms with van der Waals surface area (Å²) in [6, 6.07) is 5.49. The van der Waals surface area contributed by atoms with Gasteiger partial charge in [-0.3, -0.25) is 9.89 Å². The molecule has 1 aromatic heterocycles. The van der Waals surface area contributed by atoms with E-state index in [-0.39, 0.29) is 5.91 Å². The quantitative estimate of drug-likeness (QED) is 0.597. The Morgan fingerprint density at radius 1 is 1.24 bits per heavy atom. The van der Waals surface area contributed by atoms with Crippen LogP contribution in [0.15, 0.2) is 23.3 Å². The Balaban J connectivity index is 1.97. The molecule has 7 nitrogen and oxygen atoms in total. The Labute approximate surface area is 147 Å². The number of aromatic nitrogens is 2. The van der Waals surface area contributed by atoms with Crippen molar-refractivity contribution in [2.45, 2.75) is 33.6 Å². The molecule has 0 atom stereocenters. The van der Waals surface area contributed by atoms with Gasteiger partial charge in [0.1, 0.15) is 0 Å². The summed E-state index contributed by atoms with van der Waals surface area (Å²) in [6.45, 7) is 5.70. The summed E-state index contributed by atoms with van der Waals surface area (Å²) in [5, 5.41) is 11.2. The third-order valence-corrected chi connectivity index (χ3v) is 4.03. The van der Waals surface area contributed by atoms with Gasteiger partial charge in [-0.05, 0) is 51.0 Å². The number of methoxy groups -OCH3 is 2. The molecule has 2 rings (SSSR count). The van der Waals surface area contributed by atoms with Crippen molar-refractivity contribution in [2.75, 3.05) is 14.2 Å². The average Bonchev–Trinajstić information content (AvgIpc) is 2.95. The number of aryl methyl sites for hydroxylation is 2. The fourth-order valence-corrected chi connectivity index (χ4v) is 2.51. The Morgan fingerprint density at radius 2 is 1.96 bits per heavy atom. The number of benzene rings is 1. The summed E-state index contributed by atoms with van der Waals surface area (Å²) < 4.78 is 10.5. The molecule has 2 aromatic rings. The van der Waals surface area contributed by atoms with Crippen LogP contribution in [0.1, 0.15) is 35.9 Å². The first-order valence-electron chi connectivity index (χ1n) is 8.02. The predicted octanol–water partition coefficient (Wildman–Crippen LogP) is 2.52. The number of amides is 1. The average molecular weight is 344 g/mol. The highest BCUT2D eigenvalue weighted by atomic mass is 16.5. The fraction of sp³-hybridized carbons (Fsp3) is 0.389. The standard InChI is InChI=1S/C18H24N4O3/c1-11(14-6-8-16(24-4)17(10-14)25-5)19-22-18(23)9-7-15-12(2)20-21-13(15)3/h6,8,10H,7,9H2,1-5H3,(H,20,21)(H,22,23)/b19-11+. The van der Waals surface area contributed by atoms with Crippen LogP contribution in [0.2, 0.25) is 0 Å². The van der Waals surface area contributed by atoms with Crippen molar-refractivity contribution in [1.29, 1.82) is 0 Å². The second-order valence-corrected chi connectivity index (χ2v) is 5.71. The number of nitrogens with one attached hydrogen (secondary N) is 2. The first-order valence-corrected chi connectivity index (χ1v) is 8.02. The van der Waals surface area contributed by atoms with Gasteiger partial charge in [0.2, 0.25) is 5.91 Å². The molecular weight excluding hydrogens is 320 g/mol. The van der Waals surface area contributed by atoms with Crippen LogP contribution in [-0.4, -0.2) is 36.0 Å². The van der Waals surface area contributed by atoms with E-state index in [1.807, 2.05) is 32.9 Å². The molecule has 7 heteroatoms. The molecule has 0 saturated carbocycles. The molecule has 0 bridgehead atoms. The first kappa shape index (κ1) is 18.5. The molecule has 0 aliphatic heterocycles. The monoisotopic (exact) mass is 344 g/mol. The number of nitrogens with zero attached hydrogens (tertiary/aromatic N) is 2. The van der Waals surface area contributed by atoms with Crippen LogP contribution in [-0.2, 0) is 11.2 Å². The first-order chi connectivity index (χ1) is 12.0. The third kappa shape index (κ3) is 4.59. The van der Waals surface area contributed by atoms with E-state index < -0.39 is 0 Å². The fourth-order valence-electron chi connectivity index (χ4n) is 2.51. The van der Waals surface area contributed by atoms with Crippen LogP contribution in [0.25, 0.3) is 0 Å². The Bertz CT molecular complexity index is 761. The van der Waals surface area contributed by atoms with Crippen molar-refractivity contribution in [2.24, 2.45) is 5.10 Å². The number of hydrazone groups is 1. The second kappa shape index (κ2) is 8.32. The summed E-state index contributed by atoms with van der Waals surface area (Å²) in [5.74, 6) is 1.13. The van der Waals surface area contributed by atoms with Gasteiger partial charge in [-0.25, -0.2) is 5.43 Å². The maximum atomic E-state index is 12.0. The predicted molar refractivity (Wildman–Crippen MR) is 96.3 cm³/mol. The number of carbonyl (C=O) groups is 1. The lowest BCUT2D eigenvalue weighted by Gasteiger charge is -2.09. The van der Waals surface area contributed by atoms with Gasteiger partial charge in [0.25, 0.3) is 0 Å². The number of hydrogen-bond donors (Lipinski definition) is 2. The molecule has 0 unspecified atom stereocenters. The van der Waals surface area contributed by atoms with Gasteiger partial charge in [0.15, 0.2) is 11.5 Å². The molecule has 1 heterocycles. The van der Waals surface area contributed by atoms with E-state index in [1.165, 1.54) is 0 Å². The largest absolute Gasteiger partial charge is 0.493 e. The molecule has 134 valence electrons. The molecule has 2 N–H and O–H groups in total. The number of ether oxygens (including phenoxy) is 2. The summed E-state index contributed by atoms with van der Waals surface area (Å²) >= 11 is 0.